The summed E-state index contributed by atoms with van der Waals surface area (Å²) in [5.74, 6) is 0.611. The molecule has 1 aliphatic heterocycles. The van der Waals surface area contributed by atoms with E-state index in [4.69, 9.17) is 14.0 Å². The fraction of sp³-hybridized carbons (Fsp3) is 0.318. The van der Waals surface area contributed by atoms with E-state index in [1.54, 1.807) is 0 Å². The molecule has 0 amide bonds. The van der Waals surface area contributed by atoms with Gasteiger partial charge in [0, 0.05) is 31.7 Å². The first-order chi connectivity index (χ1) is 15.9. The van der Waals surface area contributed by atoms with Gasteiger partial charge in [-0.1, -0.05) is 35.5 Å². The molecule has 0 saturated carbocycles. The van der Waals surface area contributed by atoms with Gasteiger partial charge in [-0.15, -0.1) is 0 Å². The topological polar surface area (TPSA) is 115 Å². The highest BCUT2D eigenvalue weighted by molar-refractivity contribution is 7.89. The lowest BCUT2D eigenvalue weighted by atomic mass is 10.2. The molecule has 0 N–H and O–H groups in total. The monoisotopic (exact) mass is 472 g/mol. The lowest BCUT2D eigenvalue weighted by molar-refractivity contribution is 0.0595. The van der Waals surface area contributed by atoms with Crippen LogP contribution in [0.5, 0.6) is 5.75 Å². The van der Waals surface area contributed by atoms with Gasteiger partial charge in [-0.05, 0) is 18.2 Å². The first kappa shape index (κ1) is 22.9. The number of aromatic nitrogens is 2. The molecule has 0 aliphatic carbocycles. The third kappa shape index (κ3) is 4.90. The number of carbonyl (C=O) groups is 1. The van der Waals surface area contributed by atoms with Gasteiger partial charge in [0.1, 0.15) is 5.75 Å². The fourth-order valence-corrected chi connectivity index (χ4v) is 5.19. The average molecular weight is 473 g/mol. The molecule has 11 heteroatoms. The van der Waals surface area contributed by atoms with E-state index in [9.17, 15) is 13.2 Å². The molecular weight excluding hydrogens is 448 g/mol. The summed E-state index contributed by atoms with van der Waals surface area (Å²) in [6, 6.07) is 13.8. The highest BCUT2D eigenvalue weighted by Gasteiger charge is 2.32. The highest BCUT2D eigenvalue weighted by Crippen LogP contribution is 2.26. The Bertz CT molecular complexity index is 1220. The van der Waals surface area contributed by atoms with E-state index in [0.717, 1.165) is 5.56 Å². The summed E-state index contributed by atoms with van der Waals surface area (Å²) in [6.45, 7) is 1.89. The molecule has 33 heavy (non-hydrogen) atoms. The molecule has 0 atom stereocenters. The van der Waals surface area contributed by atoms with Crippen molar-refractivity contribution in [2.45, 2.75) is 11.4 Å². The molecule has 3 aromatic rings. The quantitative estimate of drug-likeness (QED) is 0.476. The maximum atomic E-state index is 13.3. The van der Waals surface area contributed by atoms with Crippen molar-refractivity contribution < 1.29 is 27.2 Å². The fourth-order valence-electron chi connectivity index (χ4n) is 3.61. The van der Waals surface area contributed by atoms with E-state index < -0.39 is 16.0 Å². The predicted octanol–water partition coefficient (Wildman–Crippen LogP) is 2.04. The number of methoxy groups -OCH3 is 2. The number of esters is 1. The molecule has 1 fully saturated rings. The van der Waals surface area contributed by atoms with Crippen LogP contribution in [0, 0.1) is 0 Å². The molecule has 4 rings (SSSR count). The second-order valence-electron chi connectivity index (χ2n) is 7.41. The van der Waals surface area contributed by atoms with Crippen molar-refractivity contribution in [3.05, 3.63) is 60.0 Å². The standard InChI is InChI=1S/C22H24N4O6S/c1-30-17-8-9-19(18(14-17)22(27)31-2)33(28,29)26-12-10-25(11-13-26)15-20-23-21(24-32-20)16-6-4-3-5-7-16/h3-9,14H,10-13,15H2,1-2H3. The summed E-state index contributed by atoms with van der Waals surface area (Å²) >= 11 is 0. The Balaban J connectivity index is 1.44. The largest absolute Gasteiger partial charge is 0.497 e. The van der Waals surface area contributed by atoms with Crippen LogP contribution in [0.25, 0.3) is 11.4 Å². The van der Waals surface area contributed by atoms with Crippen molar-refractivity contribution in [3.63, 3.8) is 0 Å². The first-order valence-electron chi connectivity index (χ1n) is 10.3. The van der Waals surface area contributed by atoms with Gasteiger partial charge >= 0.3 is 5.97 Å². The lowest BCUT2D eigenvalue weighted by Gasteiger charge is -2.33. The number of hydrogen-bond acceptors (Lipinski definition) is 9. The van der Waals surface area contributed by atoms with Crippen molar-refractivity contribution in [2.75, 3.05) is 40.4 Å². The van der Waals surface area contributed by atoms with E-state index >= 15 is 0 Å². The lowest BCUT2D eigenvalue weighted by Crippen LogP contribution is -2.48. The van der Waals surface area contributed by atoms with Gasteiger partial charge in [-0.25, -0.2) is 13.2 Å². The number of piperazine rings is 1. The Labute approximate surface area is 191 Å². The molecule has 0 unspecified atom stereocenters. The van der Waals surface area contributed by atoms with Crippen LogP contribution in [-0.2, 0) is 21.3 Å². The van der Waals surface area contributed by atoms with E-state index in [1.807, 2.05) is 35.2 Å². The van der Waals surface area contributed by atoms with Crippen LogP contribution in [0.2, 0.25) is 0 Å². The van der Waals surface area contributed by atoms with Crippen LogP contribution in [0.15, 0.2) is 57.9 Å². The Hall–Kier alpha value is -3.28. The van der Waals surface area contributed by atoms with Crippen LogP contribution in [0.4, 0.5) is 0 Å². The van der Waals surface area contributed by atoms with Gasteiger partial charge in [0.25, 0.3) is 0 Å². The number of rotatable bonds is 7. The maximum absolute atomic E-state index is 13.3. The minimum atomic E-state index is -3.90. The van der Waals surface area contributed by atoms with Gasteiger partial charge in [-0.3, -0.25) is 4.90 Å². The van der Waals surface area contributed by atoms with Crippen molar-refractivity contribution in [1.29, 1.82) is 0 Å². The SMILES string of the molecule is COC(=O)c1cc(OC)ccc1S(=O)(=O)N1CCN(Cc2nc(-c3ccccc3)no2)CC1. The summed E-state index contributed by atoms with van der Waals surface area (Å²) in [5, 5.41) is 4.02. The van der Waals surface area contributed by atoms with E-state index in [-0.39, 0.29) is 23.5 Å². The normalized spacial score (nSPS) is 15.3. The molecule has 0 radical (unpaired) electrons. The molecular formula is C22H24N4O6S. The van der Waals surface area contributed by atoms with Gasteiger partial charge in [0.05, 0.1) is 31.2 Å². The van der Waals surface area contributed by atoms with Crippen LogP contribution < -0.4 is 4.74 Å². The zero-order valence-corrected chi connectivity index (χ0v) is 19.1. The number of nitrogens with zero attached hydrogens (tertiary/aromatic N) is 4. The summed E-state index contributed by atoms with van der Waals surface area (Å²) in [6.07, 6.45) is 0. The maximum Gasteiger partial charge on any atom is 0.339 e. The number of carbonyl (C=O) groups excluding carboxylic acids is 1. The Morgan fingerprint density at radius 2 is 1.79 bits per heavy atom. The smallest absolute Gasteiger partial charge is 0.339 e. The zero-order chi connectivity index (χ0) is 23.4. The van der Waals surface area contributed by atoms with Crippen molar-refractivity contribution >= 4 is 16.0 Å². The number of sulfonamides is 1. The second-order valence-corrected chi connectivity index (χ2v) is 9.32. The van der Waals surface area contributed by atoms with E-state index in [0.29, 0.717) is 37.1 Å². The summed E-state index contributed by atoms with van der Waals surface area (Å²) in [4.78, 5) is 18.6. The molecule has 1 aromatic heterocycles. The summed E-state index contributed by atoms with van der Waals surface area (Å²) < 4.78 is 43.2. The van der Waals surface area contributed by atoms with Crippen molar-refractivity contribution in [2.24, 2.45) is 0 Å². The number of benzene rings is 2. The van der Waals surface area contributed by atoms with Crippen molar-refractivity contribution in [1.82, 2.24) is 19.3 Å². The molecule has 0 bridgehead atoms. The van der Waals surface area contributed by atoms with Crippen LogP contribution in [0.1, 0.15) is 16.2 Å². The number of ether oxygens (including phenoxy) is 2. The molecule has 174 valence electrons. The highest BCUT2D eigenvalue weighted by atomic mass is 32.2. The molecule has 1 saturated heterocycles. The average Bonchev–Trinajstić information content (AvgIpc) is 3.32. The van der Waals surface area contributed by atoms with E-state index in [1.165, 1.54) is 36.7 Å². The Kier molecular flexibility index (Phi) is 6.72. The third-order valence-electron chi connectivity index (χ3n) is 5.40. The van der Waals surface area contributed by atoms with Crippen LogP contribution >= 0.6 is 0 Å². The Morgan fingerprint density at radius 3 is 2.45 bits per heavy atom. The minimum Gasteiger partial charge on any atom is -0.497 e. The molecule has 1 aliphatic rings. The Morgan fingerprint density at radius 1 is 1.06 bits per heavy atom. The van der Waals surface area contributed by atoms with Crippen molar-refractivity contribution in [3.8, 4) is 17.1 Å². The summed E-state index contributed by atoms with van der Waals surface area (Å²) in [5.41, 5.74) is 0.808. The van der Waals surface area contributed by atoms with Gasteiger partial charge in [0.15, 0.2) is 0 Å². The first-order valence-corrected chi connectivity index (χ1v) is 11.7. The van der Waals surface area contributed by atoms with Gasteiger partial charge < -0.3 is 14.0 Å². The zero-order valence-electron chi connectivity index (χ0n) is 18.3. The minimum absolute atomic E-state index is 0.0569. The number of hydrogen-bond donors (Lipinski definition) is 0. The summed E-state index contributed by atoms with van der Waals surface area (Å²) in [7, 11) is -1.26. The predicted molar refractivity (Wildman–Crippen MR) is 118 cm³/mol. The van der Waals surface area contributed by atoms with Crippen LogP contribution in [0.3, 0.4) is 0 Å². The van der Waals surface area contributed by atoms with Gasteiger partial charge in [-0.2, -0.15) is 9.29 Å². The molecule has 10 nitrogen and oxygen atoms in total. The van der Waals surface area contributed by atoms with Crippen LogP contribution in [-0.4, -0.2) is 74.1 Å². The third-order valence-corrected chi connectivity index (χ3v) is 7.36. The molecule has 2 aromatic carbocycles. The second kappa shape index (κ2) is 9.69. The van der Waals surface area contributed by atoms with E-state index in [2.05, 4.69) is 10.1 Å². The molecule has 0 spiro atoms. The molecule has 2 heterocycles. The van der Waals surface area contributed by atoms with Gasteiger partial charge in [0.2, 0.25) is 21.7 Å².